The minimum atomic E-state index is 0.215. The third-order valence-electron chi connectivity index (χ3n) is 5.77. The van der Waals surface area contributed by atoms with Gasteiger partial charge in [0.05, 0.1) is 31.2 Å². The van der Waals surface area contributed by atoms with Crippen molar-refractivity contribution >= 4 is 17.6 Å². The van der Waals surface area contributed by atoms with Crippen molar-refractivity contribution in [2.75, 3.05) is 19.8 Å². The van der Waals surface area contributed by atoms with E-state index in [-0.39, 0.29) is 6.10 Å². The van der Waals surface area contributed by atoms with E-state index >= 15 is 0 Å². The van der Waals surface area contributed by atoms with Crippen LogP contribution in [0.15, 0.2) is 51.9 Å². The Morgan fingerprint density at radius 1 is 1.12 bits per heavy atom. The van der Waals surface area contributed by atoms with Crippen molar-refractivity contribution in [1.29, 1.82) is 0 Å². The van der Waals surface area contributed by atoms with Gasteiger partial charge >= 0.3 is 0 Å². The van der Waals surface area contributed by atoms with E-state index in [2.05, 4.69) is 38.3 Å². The maximum absolute atomic E-state index is 5.77. The summed E-state index contributed by atoms with van der Waals surface area (Å²) in [6.45, 7) is 10.6. The molecule has 2 aromatic carbocycles. The lowest BCUT2D eigenvalue weighted by molar-refractivity contribution is 0.117. The van der Waals surface area contributed by atoms with Gasteiger partial charge in [0.25, 0.3) is 0 Å². The van der Waals surface area contributed by atoms with E-state index in [4.69, 9.17) is 19.6 Å². The van der Waals surface area contributed by atoms with Crippen LogP contribution in [-0.2, 0) is 4.74 Å². The van der Waals surface area contributed by atoms with Gasteiger partial charge in [0, 0.05) is 17.6 Å². The summed E-state index contributed by atoms with van der Waals surface area (Å²) in [4.78, 5) is 5.76. The molecule has 1 unspecified atom stereocenters. The number of nitrogens with zero attached hydrogens (tertiary/aromatic N) is 3. The third-order valence-corrected chi connectivity index (χ3v) is 6.62. The topological polar surface area (TPSA) is 48.1 Å². The molecule has 1 fully saturated rings. The monoisotopic (exact) mass is 449 g/mol. The van der Waals surface area contributed by atoms with E-state index in [9.17, 15) is 0 Å². The molecule has 5 nitrogen and oxygen atoms in total. The van der Waals surface area contributed by atoms with Gasteiger partial charge in [0.1, 0.15) is 5.75 Å². The number of ether oxygens (including phenoxy) is 2. The number of thiazole rings is 1. The van der Waals surface area contributed by atoms with Crippen molar-refractivity contribution in [2.24, 2.45) is 10.1 Å². The van der Waals surface area contributed by atoms with Gasteiger partial charge < -0.3 is 9.47 Å². The third kappa shape index (κ3) is 5.19. The predicted molar refractivity (Wildman–Crippen MR) is 132 cm³/mol. The first-order chi connectivity index (χ1) is 15.5. The maximum atomic E-state index is 5.77. The van der Waals surface area contributed by atoms with Crippen LogP contribution < -0.4 is 9.54 Å². The normalized spacial score (nSPS) is 16.9. The zero-order chi connectivity index (χ0) is 22.5. The molecule has 0 spiro atoms. The van der Waals surface area contributed by atoms with Crippen LogP contribution in [0.3, 0.4) is 0 Å². The molecular formula is C26H31N3O2S. The molecule has 0 bridgehead atoms. The molecule has 0 amide bonds. The Hall–Kier alpha value is -2.70. The molecule has 168 valence electrons. The smallest absolute Gasteiger partial charge is 0.206 e. The molecule has 1 aliphatic heterocycles. The highest BCUT2D eigenvalue weighted by molar-refractivity contribution is 7.07. The molecule has 32 heavy (non-hydrogen) atoms. The molecule has 1 atom stereocenters. The summed E-state index contributed by atoms with van der Waals surface area (Å²) in [6.07, 6.45) is 4.29. The highest BCUT2D eigenvalue weighted by Crippen LogP contribution is 2.27. The fourth-order valence-corrected chi connectivity index (χ4v) is 4.69. The zero-order valence-electron chi connectivity index (χ0n) is 19.3. The Balaban J connectivity index is 1.72. The average molecular weight is 450 g/mol. The molecular weight excluding hydrogens is 418 g/mol. The summed E-state index contributed by atoms with van der Waals surface area (Å²) in [5, 5.41) is 7.01. The molecule has 3 aromatic rings. The van der Waals surface area contributed by atoms with Crippen molar-refractivity contribution in [3.05, 3.63) is 68.8 Å². The van der Waals surface area contributed by atoms with Gasteiger partial charge in [0.15, 0.2) is 0 Å². The van der Waals surface area contributed by atoms with Gasteiger partial charge in [-0.05, 0) is 93.1 Å². The van der Waals surface area contributed by atoms with Gasteiger partial charge in [-0.2, -0.15) is 5.10 Å². The first kappa shape index (κ1) is 22.5. The van der Waals surface area contributed by atoms with Gasteiger partial charge in [-0.3, -0.25) is 4.99 Å². The van der Waals surface area contributed by atoms with Gasteiger partial charge in [-0.15, -0.1) is 11.3 Å². The minimum Gasteiger partial charge on any atom is -0.494 e. The fraction of sp³-hybridized carbons (Fsp3) is 0.385. The van der Waals surface area contributed by atoms with E-state index in [1.807, 2.05) is 42.1 Å². The number of aryl methyl sites for hydroxylation is 3. The summed E-state index contributed by atoms with van der Waals surface area (Å²) in [5.74, 6) is 0.867. The lowest BCUT2D eigenvalue weighted by Crippen LogP contribution is -2.17. The number of benzene rings is 2. The molecule has 0 saturated carbocycles. The van der Waals surface area contributed by atoms with Crippen LogP contribution in [0, 0.1) is 20.8 Å². The quantitative estimate of drug-likeness (QED) is 0.447. The molecule has 6 heteroatoms. The Morgan fingerprint density at radius 3 is 2.62 bits per heavy atom. The van der Waals surface area contributed by atoms with E-state index in [1.165, 1.54) is 22.3 Å². The zero-order valence-corrected chi connectivity index (χ0v) is 20.1. The van der Waals surface area contributed by atoms with Crippen LogP contribution in [0.2, 0.25) is 0 Å². The number of hydrogen-bond donors (Lipinski definition) is 0. The van der Waals surface area contributed by atoms with Crippen molar-refractivity contribution in [1.82, 2.24) is 4.68 Å². The molecule has 2 heterocycles. The van der Waals surface area contributed by atoms with Crippen molar-refractivity contribution in [3.63, 3.8) is 0 Å². The molecule has 0 radical (unpaired) electrons. The van der Waals surface area contributed by atoms with Crippen molar-refractivity contribution in [2.45, 2.75) is 46.6 Å². The first-order valence-corrected chi connectivity index (χ1v) is 12.1. The molecule has 1 aromatic heterocycles. The average Bonchev–Trinajstić information content (AvgIpc) is 3.44. The minimum absolute atomic E-state index is 0.215. The maximum Gasteiger partial charge on any atom is 0.206 e. The number of hydrogen-bond acceptors (Lipinski definition) is 5. The van der Waals surface area contributed by atoms with E-state index in [0.29, 0.717) is 13.2 Å². The lowest BCUT2D eigenvalue weighted by Gasteiger charge is -2.11. The van der Waals surface area contributed by atoms with Gasteiger partial charge in [-0.1, -0.05) is 6.07 Å². The van der Waals surface area contributed by atoms with E-state index < -0.39 is 0 Å². The first-order valence-electron chi connectivity index (χ1n) is 11.2. The van der Waals surface area contributed by atoms with Crippen LogP contribution in [0.4, 0.5) is 0 Å². The summed E-state index contributed by atoms with van der Waals surface area (Å²) in [5.41, 5.74) is 7.07. The van der Waals surface area contributed by atoms with Crippen LogP contribution in [-0.4, -0.2) is 36.8 Å². The highest BCUT2D eigenvalue weighted by atomic mass is 32.1. The Bertz CT molecular complexity index is 1150. The Morgan fingerprint density at radius 2 is 1.91 bits per heavy atom. The molecule has 4 rings (SSSR count). The standard InChI is InChI=1S/C26H31N3O2S/c1-5-30-22-10-8-21(9-11-22)15-28-29-25(24-14-19(3)18(2)13-20(24)4)17-32-26(29)27-16-23-7-6-12-31-23/h8-11,13-15,17,23H,5-7,12,16H2,1-4H3. The second kappa shape index (κ2) is 10.3. The fourth-order valence-electron chi connectivity index (χ4n) is 3.85. The van der Waals surface area contributed by atoms with Crippen LogP contribution in [0.5, 0.6) is 5.75 Å². The molecule has 0 aliphatic carbocycles. The van der Waals surface area contributed by atoms with Crippen LogP contribution in [0.25, 0.3) is 11.3 Å². The summed E-state index contributed by atoms with van der Waals surface area (Å²) in [7, 11) is 0. The number of rotatable bonds is 7. The number of aromatic nitrogens is 1. The lowest BCUT2D eigenvalue weighted by atomic mass is 9.99. The van der Waals surface area contributed by atoms with E-state index in [0.717, 1.165) is 41.3 Å². The second-order valence-corrected chi connectivity index (χ2v) is 9.03. The van der Waals surface area contributed by atoms with Gasteiger partial charge in [0.2, 0.25) is 4.80 Å². The van der Waals surface area contributed by atoms with Crippen molar-refractivity contribution in [3.8, 4) is 17.0 Å². The Kier molecular flexibility index (Phi) is 7.22. The van der Waals surface area contributed by atoms with Crippen LogP contribution >= 0.6 is 11.3 Å². The summed E-state index contributed by atoms with van der Waals surface area (Å²) in [6, 6.07) is 12.5. The largest absolute Gasteiger partial charge is 0.494 e. The molecule has 1 saturated heterocycles. The summed E-state index contributed by atoms with van der Waals surface area (Å²) < 4.78 is 13.3. The highest BCUT2D eigenvalue weighted by Gasteiger charge is 2.16. The van der Waals surface area contributed by atoms with Crippen molar-refractivity contribution < 1.29 is 9.47 Å². The molecule has 0 N–H and O–H groups in total. The Labute approximate surface area is 194 Å². The predicted octanol–water partition coefficient (Wildman–Crippen LogP) is 5.50. The second-order valence-electron chi connectivity index (χ2n) is 8.19. The summed E-state index contributed by atoms with van der Waals surface area (Å²) >= 11 is 1.62. The molecule has 1 aliphatic rings. The van der Waals surface area contributed by atoms with Gasteiger partial charge in [-0.25, -0.2) is 4.68 Å². The SMILES string of the molecule is CCOc1ccc(C=Nn2c(-c3cc(C)c(C)cc3C)csc2=NCC2CCCO2)cc1. The van der Waals surface area contributed by atoms with E-state index in [1.54, 1.807) is 11.3 Å². The van der Waals surface area contributed by atoms with Crippen LogP contribution in [0.1, 0.15) is 42.0 Å².